The fourth-order valence-electron chi connectivity index (χ4n) is 3.21. The van der Waals surface area contributed by atoms with E-state index in [4.69, 9.17) is 20.4 Å². The molecule has 0 aliphatic heterocycles. The lowest BCUT2D eigenvalue weighted by Gasteiger charge is -2.60. The van der Waals surface area contributed by atoms with E-state index < -0.39 is 35.7 Å². The summed E-state index contributed by atoms with van der Waals surface area (Å²) in [5, 5.41) is 7.12. The van der Waals surface area contributed by atoms with E-state index >= 15 is 0 Å². The van der Waals surface area contributed by atoms with Gasteiger partial charge in [0, 0.05) is 0 Å². The molecule has 0 aromatic heterocycles. The Morgan fingerprint density at radius 2 is 1.58 bits per heavy atom. The highest BCUT2D eigenvalue weighted by atomic mass is 19.4. The first-order valence-corrected chi connectivity index (χ1v) is 6.98. The number of aliphatic carboxylic acids is 1. The molecule has 11 heteroatoms. The Labute approximate surface area is 133 Å². The van der Waals surface area contributed by atoms with Crippen molar-refractivity contribution in [2.75, 3.05) is 6.61 Å². The van der Waals surface area contributed by atoms with Crippen LogP contribution in [0, 0.1) is 11.3 Å². The summed E-state index contributed by atoms with van der Waals surface area (Å²) in [5.41, 5.74) is 4.41. The smallest absolute Gasteiger partial charge is 0.475 e. The van der Waals surface area contributed by atoms with E-state index in [1.54, 1.807) is 6.92 Å². The number of carboxylic acids is 1. The molecule has 2 saturated carbocycles. The Kier molecular flexibility index (Phi) is 5.48. The van der Waals surface area contributed by atoms with Crippen molar-refractivity contribution in [2.24, 2.45) is 17.1 Å². The third-order valence-electron chi connectivity index (χ3n) is 4.13. The summed E-state index contributed by atoms with van der Waals surface area (Å²) >= 11 is 0. The lowest BCUT2D eigenvalue weighted by molar-refractivity contribution is -0.243. The minimum atomic E-state index is -5.08. The Morgan fingerprint density at radius 1 is 1.17 bits per heavy atom. The number of halogens is 6. The fraction of sp³-hybridized carbons (Fsp3) is 0.846. The second-order valence-electron chi connectivity index (χ2n) is 6.18. The number of hydrogen-bond acceptors (Lipinski definition) is 4. The third-order valence-corrected chi connectivity index (χ3v) is 4.13. The Bertz CT molecular complexity index is 488. The highest BCUT2D eigenvalue weighted by Crippen LogP contribution is 2.65. The number of nitrogens with two attached hydrogens (primary N) is 1. The average molecular weight is 365 g/mol. The molecule has 0 aromatic carbocycles. The molecular weight excluding hydrogens is 348 g/mol. The van der Waals surface area contributed by atoms with Crippen molar-refractivity contribution in [3.8, 4) is 0 Å². The van der Waals surface area contributed by atoms with Crippen molar-refractivity contribution in [2.45, 2.75) is 50.5 Å². The van der Waals surface area contributed by atoms with Crippen LogP contribution in [0.3, 0.4) is 0 Å². The Hall–Kier alpha value is -1.52. The van der Waals surface area contributed by atoms with Gasteiger partial charge in [0.15, 0.2) is 0 Å². The monoisotopic (exact) mass is 365 g/mol. The molecule has 0 unspecified atom stereocenters. The van der Waals surface area contributed by atoms with Crippen LogP contribution in [0.1, 0.15) is 32.6 Å². The molecule has 0 saturated heterocycles. The summed E-state index contributed by atoms with van der Waals surface area (Å²) in [6.45, 7) is 1.93. The molecule has 0 amide bonds. The predicted molar refractivity (Wildman–Crippen MR) is 67.7 cm³/mol. The molecule has 2 fully saturated rings. The number of esters is 1. The second kappa shape index (κ2) is 6.41. The molecule has 2 aliphatic carbocycles. The fourth-order valence-corrected chi connectivity index (χ4v) is 3.21. The maximum Gasteiger partial charge on any atom is 0.490 e. The minimum Gasteiger partial charge on any atom is -0.475 e. The second-order valence-corrected chi connectivity index (χ2v) is 6.18. The summed E-state index contributed by atoms with van der Waals surface area (Å²) < 4.78 is 73.6. The molecule has 1 spiro atoms. The average Bonchev–Trinajstić information content (AvgIpc) is 2.30. The van der Waals surface area contributed by atoms with Crippen LogP contribution in [0.15, 0.2) is 0 Å². The molecule has 24 heavy (non-hydrogen) atoms. The van der Waals surface area contributed by atoms with Gasteiger partial charge in [0.25, 0.3) is 0 Å². The van der Waals surface area contributed by atoms with Gasteiger partial charge in [-0.15, -0.1) is 0 Å². The van der Waals surface area contributed by atoms with Gasteiger partial charge in [-0.3, -0.25) is 4.79 Å². The van der Waals surface area contributed by atoms with Crippen LogP contribution in [0.5, 0.6) is 0 Å². The maximum atomic E-state index is 12.4. The van der Waals surface area contributed by atoms with Crippen molar-refractivity contribution >= 4 is 11.9 Å². The molecule has 140 valence electrons. The van der Waals surface area contributed by atoms with Crippen LogP contribution in [0.2, 0.25) is 0 Å². The van der Waals surface area contributed by atoms with Crippen molar-refractivity contribution < 1.29 is 45.8 Å². The van der Waals surface area contributed by atoms with Crippen LogP contribution in [-0.4, -0.2) is 41.5 Å². The molecule has 0 bridgehead atoms. The topological polar surface area (TPSA) is 89.6 Å². The lowest BCUT2D eigenvalue weighted by atomic mass is 9.45. The zero-order valence-electron chi connectivity index (χ0n) is 12.6. The number of carbonyl (C=O) groups excluding carboxylic acids is 1. The first kappa shape index (κ1) is 20.5. The van der Waals surface area contributed by atoms with Crippen LogP contribution < -0.4 is 5.73 Å². The van der Waals surface area contributed by atoms with Gasteiger partial charge in [-0.05, 0) is 38.0 Å². The van der Waals surface area contributed by atoms with E-state index in [9.17, 15) is 31.1 Å². The van der Waals surface area contributed by atoms with Gasteiger partial charge in [0.2, 0.25) is 0 Å². The summed E-state index contributed by atoms with van der Waals surface area (Å²) in [4.78, 5) is 20.4. The summed E-state index contributed by atoms with van der Waals surface area (Å²) in [5.74, 6) is -4.46. The number of carboxylic acid groups (broad SMARTS) is 1. The summed E-state index contributed by atoms with van der Waals surface area (Å²) in [6.07, 6.45) is -8.33. The lowest BCUT2D eigenvalue weighted by Crippen LogP contribution is -2.67. The van der Waals surface area contributed by atoms with Gasteiger partial charge in [-0.2, -0.15) is 26.3 Å². The standard InChI is InChI=1S/C11H16F3NO2.C2HF3O2/c1-2-17-8(16)10(15)5-9(6-10)3-7(4-9)11(12,13)14;3-2(4,5)1(6)7/h7H,2-6,15H2,1H3;(H,6,7). The zero-order chi connectivity index (χ0) is 19.0. The first-order chi connectivity index (χ1) is 10.7. The molecule has 5 nitrogen and oxygen atoms in total. The van der Waals surface area contributed by atoms with Gasteiger partial charge in [-0.1, -0.05) is 0 Å². The molecule has 0 aromatic rings. The van der Waals surface area contributed by atoms with E-state index in [0.29, 0.717) is 12.8 Å². The molecule has 2 aliphatic rings. The van der Waals surface area contributed by atoms with Gasteiger partial charge in [0.1, 0.15) is 5.54 Å². The minimum absolute atomic E-state index is 0.106. The number of ether oxygens (including phenoxy) is 1. The van der Waals surface area contributed by atoms with Gasteiger partial charge in [0.05, 0.1) is 12.5 Å². The molecule has 0 atom stereocenters. The first-order valence-electron chi connectivity index (χ1n) is 6.98. The molecular formula is C13H17F6NO4. The highest BCUT2D eigenvalue weighted by Gasteiger charge is 2.66. The third kappa shape index (κ3) is 4.52. The maximum absolute atomic E-state index is 12.4. The highest BCUT2D eigenvalue weighted by molar-refractivity contribution is 5.82. The Morgan fingerprint density at radius 3 is 1.88 bits per heavy atom. The SMILES string of the molecule is CCOC(=O)C1(N)CC2(CC(C(F)(F)F)C2)C1.O=C(O)C(F)(F)F. The van der Waals surface area contributed by atoms with Crippen LogP contribution >= 0.6 is 0 Å². The quantitative estimate of drug-likeness (QED) is 0.580. The van der Waals surface area contributed by atoms with E-state index in [-0.39, 0.29) is 24.9 Å². The molecule has 2 rings (SSSR count). The summed E-state index contributed by atoms with van der Waals surface area (Å²) in [7, 11) is 0. The van der Waals surface area contributed by atoms with E-state index in [1.165, 1.54) is 0 Å². The number of hydrogen-bond donors (Lipinski definition) is 2. The summed E-state index contributed by atoms with van der Waals surface area (Å²) in [6, 6.07) is 0. The van der Waals surface area contributed by atoms with Gasteiger partial charge >= 0.3 is 24.3 Å². The predicted octanol–water partition coefficient (Wildman–Crippen LogP) is 2.63. The zero-order valence-corrected chi connectivity index (χ0v) is 12.6. The van der Waals surface area contributed by atoms with Gasteiger partial charge < -0.3 is 15.6 Å². The largest absolute Gasteiger partial charge is 0.490 e. The van der Waals surface area contributed by atoms with Gasteiger partial charge in [-0.25, -0.2) is 4.79 Å². The van der Waals surface area contributed by atoms with E-state index in [0.717, 1.165) is 0 Å². The molecule has 0 heterocycles. The molecule has 3 N–H and O–H groups in total. The molecule has 0 radical (unpaired) electrons. The van der Waals surface area contributed by atoms with Crippen molar-refractivity contribution in [3.05, 3.63) is 0 Å². The van der Waals surface area contributed by atoms with Crippen LogP contribution in [0.25, 0.3) is 0 Å². The van der Waals surface area contributed by atoms with E-state index in [1.807, 2.05) is 0 Å². The number of carbonyl (C=O) groups is 2. The van der Waals surface area contributed by atoms with E-state index in [2.05, 4.69) is 0 Å². The number of rotatable bonds is 2. The van der Waals surface area contributed by atoms with Crippen molar-refractivity contribution in [3.63, 3.8) is 0 Å². The normalized spacial score (nSPS) is 32.1. The Balaban J connectivity index is 0.000000351. The van der Waals surface area contributed by atoms with Crippen molar-refractivity contribution in [1.82, 2.24) is 0 Å². The number of alkyl halides is 6. The van der Waals surface area contributed by atoms with Crippen LogP contribution in [-0.2, 0) is 14.3 Å². The van der Waals surface area contributed by atoms with Crippen LogP contribution in [0.4, 0.5) is 26.3 Å². The van der Waals surface area contributed by atoms with Crippen molar-refractivity contribution in [1.29, 1.82) is 0 Å².